The molecule has 0 spiro atoms. The van der Waals surface area contributed by atoms with E-state index in [4.69, 9.17) is 5.26 Å². The van der Waals surface area contributed by atoms with Crippen molar-refractivity contribution in [1.82, 2.24) is 10.3 Å². The molecule has 16 heavy (non-hydrogen) atoms. The van der Waals surface area contributed by atoms with E-state index < -0.39 is 5.54 Å². The third-order valence-electron chi connectivity index (χ3n) is 2.76. The van der Waals surface area contributed by atoms with Gasteiger partial charge in [0.25, 0.3) is 5.91 Å². The lowest BCUT2D eigenvalue weighted by molar-refractivity contribution is 0.0881. The first-order valence-corrected chi connectivity index (χ1v) is 5.80. The number of carbonyl (C=O) groups excluding carboxylic acids is 1. The monoisotopic (exact) mass is 279 g/mol. The molecule has 0 aliphatic heterocycles. The van der Waals surface area contributed by atoms with E-state index in [0.29, 0.717) is 10.2 Å². The van der Waals surface area contributed by atoms with Crippen molar-refractivity contribution >= 4 is 21.8 Å². The second kappa shape index (κ2) is 4.22. The second-order valence-corrected chi connectivity index (χ2v) is 4.68. The summed E-state index contributed by atoms with van der Waals surface area (Å²) in [5.74, 6) is -0.218. The van der Waals surface area contributed by atoms with Crippen molar-refractivity contribution in [3.8, 4) is 6.07 Å². The number of pyridine rings is 1. The van der Waals surface area contributed by atoms with E-state index in [9.17, 15) is 4.79 Å². The highest BCUT2D eigenvalue weighted by atomic mass is 79.9. The van der Waals surface area contributed by atoms with Crippen LogP contribution < -0.4 is 5.32 Å². The second-order valence-electron chi connectivity index (χ2n) is 3.87. The van der Waals surface area contributed by atoms with E-state index in [0.717, 1.165) is 19.3 Å². The highest BCUT2D eigenvalue weighted by Crippen LogP contribution is 2.31. The minimum absolute atomic E-state index is 0.218. The molecule has 1 aromatic rings. The molecular formula is C11H10BrN3O. The highest BCUT2D eigenvalue weighted by Gasteiger charge is 2.38. The normalized spacial score (nSPS) is 17.0. The van der Waals surface area contributed by atoms with Crippen LogP contribution in [0.1, 0.15) is 29.6 Å². The molecule has 1 aliphatic rings. The number of nitriles is 1. The van der Waals surface area contributed by atoms with Crippen LogP contribution in [-0.2, 0) is 0 Å². The molecule has 1 heterocycles. The summed E-state index contributed by atoms with van der Waals surface area (Å²) in [5, 5.41) is 11.8. The standard InChI is InChI=1S/C11H10BrN3O/c12-9-6-8(2-5-14-9)10(16)15-11(7-13)3-1-4-11/h2,5-6H,1,3-4H2,(H,15,16). The third kappa shape index (κ3) is 2.07. The molecule has 0 unspecified atom stereocenters. The fraction of sp³-hybridized carbons (Fsp3) is 0.364. The van der Waals surface area contributed by atoms with Crippen LogP contribution in [0.3, 0.4) is 0 Å². The molecule has 0 saturated heterocycles. The number of carbonyl (C=O) groups is 1. The molecular weight excluding hydrogens is 270 g/mol. The predicted octanol–water partition coefficient (Wildman–Crippen LogP) is 2.02. The zero-order chi connectivity index (χ0) is 11.6. The summed E-state index contributed by atoms with van der Waals surface area (Å²) < 4.78 is 0.611. The molecule has 0 radical (unpaired) electrons. The molecule has 1 aliphatic carbocycles. The maximum absolute atomic E-state index is 11.9. The van der Waals surface area contributed by atoms with Crippen molar-refractivity contribution < 1.29 is 4.79 Å². The number of amides is 1. The Morgan fingerprint density at radius 2 is 2.38 bits per heavy atom. The van der Waals surface area contributed by atoms with Gasteiger partial charge in [-0.1, -0.05) is 0 Å². The summed E-state index contributed by atoms with van der Waals surface area (Å²) in [6.45, 7) is 0. The molecule has 5 heteroatoms. The fourth-order valence-corrected chi connectivity index (χ4v) is 1.99. The van der Waals surface area contributed by atoms with Crippen LogP contribution in [-0.4, -0.2) is 16.4 Å². The highest BCUT2D eigenvalue weighted by molar-refractivity contribution is 9.10. The van der Waals surface area contributed by atoms with Gasteiger partial charge < -0.3 is 5.32 Å². The Labute approximate surface area is 102 Å². The van der Waals surface area contributed by atoms with Gasteiger partial charge in [0.2, 0.25) is 0 Å². The van der Waals surface area contributed by atoms with Crippen LogP contribution in [0.4, 0.5) is 0 Å². The molecule has 82 valence electrons. The van der Waals surface area contributed by atoms with Crippen LogP contribution in [0.15, 0.2) is 22.9 Å². The van der Waals surface area contributed by atoms with E-state index in [1.54, 1.807) is 18.3 Å². The van der Waals surface area contributed by atoms with Crippen molar-refractivity contribution in [3.63, 3.8) is 0 Å². The molecule has 0 atom stereocenters. The molecule has 1 N–H and O–H groups in total. The Morgan fingerprint density at radius 3 is 2.88 bits per heavy atom. The lowest BCUT2D eigenvalue weighted by Crippen LogP contribution is -2.52. The van der Waals surface area contributed by atoms with Crippen molar-refractivity contribution in [1.29, 1.82) is 5.26 Å². The molecule has 1 fully saturated rings. The van der Waals surface area contributed by atoms with E-state index in [2.05, 4.69) is 32.3 Å². The fourth-order valence-electron chi connectivity index (χ4n) is 1.63. The van der Waals surface area contributed by atoms with Gasteiger partial charge in [-0.2, -0.15) is 5.26 Å². The van der Waals surface area contributed by atoms with Crippen LogP contribution in [0.25, 0.3) is 0 Å². The molecule has 1 saturated carbocycles. The van der Waals surface area contributed by atoms with Crippen LogP contribution in [0.5, 0.6) is 0 Å². The number of hydrogen-bond donors (Lipinski definition) is 1. The summed E-state index contributed by atoms with van der Waals surface area (Å²) in [5.41, 5.74) is -0.129. The molecule has 1 aromatic heterocycles. The average molecular weight is 280 g/mol. The minimum Gasteiger partial charge on any atom is -0.334 e. The van der Waals surface area contributed by atoms with E-state index >= 15 is 0 Å². The van der Waals surface area contributed by atoms with Crippen molar-refractivity contribution in [2.75, 3.05) is 0 Å². The van der Waals surface area contributed by atoms with Crippen LogP contribution >= 0.6 is 15.9 Å². The van der Waals surface area contributed by atoms with Gasteiger partial charge in [0.15, 0.2) is 0 Å². The number of hydrogen-bond acceptors (Lipinski definition) is 3. The summed E-state index contributed by atoms with van der Waals surface area (Å²) in [7, 11) is 0. The summed E-state index contributed by atoms with van der Waals surface area (Å²) in [6.07, 6.45) is 4.02. The van der Waals surface area contributed by atoms with Crippen LogP contribution in [0, 0.1) is 11.3 Å². The van der Waals surface area contributed by atoms with E-state index in [1.807, 2.05) is 0 Å². The number of aromatic nitrogens is 1. The Bertz CT molecular complexity index is 463. The molecule has 4 nitrogen and oxygen atoms in total. The van der Waals surface area contributed by atoms with Crippen molar-refractivity contribution in [3.05, 3.63) is 28.5 Å². The summed E-state index contributed by atoms with van der Waals surface area (Å²) >= 11 is 3.20. The summed E-state index contributed by atoms with van der Waals surface area (Å²) in [4.78, 5) is 15.8. The van der Waals surface area contributed by atoms with Crippen molar-refractivity contribution in [2.24, 2.45) is 0 Å². The Hall–Kier alpha value is -1.41. The zero-order valence-electron chi connectivity index (χ0n) is 8.53. The largest absolute Gasteiger partial charge is 0.334 e. The maximum atomic E-state index is 11.9. The molecule has 0 aromatic carbocycles. The lowest BCUT2D eigenvalue weighted by Gasteiger charge is -2.35. The van der Waals surface area contributed by atoms with Gasteiger partial charge in [-0.25, -0.2) is 4.98 Å². The zero-order valence-corrected chi connectivity index (χ0v) is 10.1. The number of nitrogens with zero attached hydrogens (tertiary/aromatic N) is 2. The van der Waals surface area contributed by atoms with Gasteiger partial charge in [0.1, 0.15) is 10.1 Å². The van der Waals surface area contributed by atoms with Crippen molar-refractivity contribution in [2.45, 2.75) is 24.8 Å². The Morgan fingerprint density at radius 1 is 1.62 bits per heavy atom. The first-order valence-electron chi connectivity index (χ1n) is 5.00. The Balaban J connectivity index is 2.12. The Kier molecular flexibility index (Phi) is 2.92. The molecule has 0 bridgehead atoms. The van der Waals surface area contributed by atoms with Gasteiger partial charge in [0, 0.05) is 11.8 Å². The SMILES string of the molecule is N#CC1(NC(=O)c2ccnc(Br)c2)CCC1. The van der Waals surface area contributed by atoms with E-state index in [1.165, 1.54) is 0 Å². The van der Waals surface area contributed by atoms with Gasteiger partial charge in [-0.3, -0.25) is 4.79 Å². The lowest BCUT2D eigenvalue weighted by atomic mass is 9.78. The third-order valence-corrected chi connectivity index (χ3v) is 3.20. The topological polar surface area (TPSA) is 65.8 Å². The summed E-state index contributed by atoms with van der Waals surface area (Å²) in [6, 6.07) is 5.44. The number of halogens is 1. The van der Waals surface area contributed by atoms with Gasteiger partial charge in [-0.05, 0) is 47.3 Å². The number of rotatable bonds is 2. The smallest absolute Gasteiger partial charge is 0.252 e. The minimum atomic E-state index is -0.646. The van der Waals surface area contributed by atoms with Gasteiger partial charge >= 0.3 is 0 Å². The average Bonchev–Trinajstić information content (AvgIpc) is 2.23. The number of nitrogens with one attached hydrogen (secondary N) is 1. The van der Waals surface area contributed by atoms with E-state index in [-0.39, 0.29) is 5.91 Å². The first kappa shape index (κ1) is 11.1. The first-order chi connectivity index (χ1) is 7.65. The molecule has 2 rings (SSSR count). The van der Waals surface area contributed by atoms with Gasteiger partial charge in [0.05, 0.1) is 6.07 Å². The molecule has 1 amide bonds. The predicted molar refractivity (Wildman–Crippen MR) is 61.6 cm³/mol. The van der Waals surface area contributed by atoms with Crippen LogP contribution in [0.2, 0.25) is 0 Å². The maximum Gasteiger partial charge on any atom is 0.252 e. The van der Waals surface area contributed by atoms with Gasteiger partial charge in [-0.15, -0.1) is 0 Å². The quantitative estimate of drug-likeness (QED) is 0.843.